The first-order valence-corrected chi connectivity index (χ1v) is 33.3. The summed E-state index contributed by atoms with van der Waals surface area (Å²) in [7, 11) is 0. The summed E-state index contributed by atoms with van der Waals surface area (Å²) in [6.07, 6.45) is 3.63. The summed E-state index contributed by atoms with van der Waals surface area (Å²) in [5.74, 6) is 2.26. The van der Waals surface area contributed by atoms with Crippen molar-refractivity contribution in [2.45, 2.75) is 10.8 Å². The molecule has 0 N–H and O–H groups in total. The predicted octanol–water partition coefficient (Wildman–Crippen LogP) is 24.9. The summed E-state index contributed by atoms with van der Waals surface area (Å²) < 4.78 is 45.6. The molecule has 0 saturated carbocycles. The fourth-order valence-electron chi connectivity index (χ4n) is 15.0. The average molecular weight is 1270 g/mol. The Labute approximate surface area is 566 Å². The average Bonchev–Trinajstić information content (AvgIpc) is 1.56. The normalized spacial score (nSPS) is 14.9. The third-order valence-electron chi connectivity index (χ3n) is 19.4. The summed E-state index contributed by atoms with van der Waals surface area (Å²) in [4.78, 5) is 4.71. The third kappa shape index (κ3) is 9.93. The van der Waals surface area contributed by atoms with Crippen molar-refractivity contribution < 1.29 is 18.3 Å². The van der Waals surface area contributed by atoms with E-state index in [9.17, 15) is 0 Å². The molecule has 0 fully saturated rings. The Balaban J connectivity index is 0.796. The van der Waals surface area contributed by atoms with Crippen LogP contribution in [0, 0.1) is 11.6 Å². The van der Waals surface area contributed by atoms with Gasteiger partial charge in [0.1, 0.15) is 34.6 Å². The zero-order valence-electron chi connectivity index (χ0n) is 52.6. The molecule has 2 aliphatic carbocycles. The smallest absolute Gasteiger partial charge is 0.127 e. The SMILES string of the molecule is C=Cc1ccc(Oc2ccc(C3(c4ccc(F)cc4)c4ccccc4-c4ccc(N(c5ccccc5)c5ccc6sc7ccc(N(c8ccccc8)c8ccc9c(c8)C(c8ccc(F)cc8)(c8ccc(Oc%10ccc(C=C)cc%10)cc8)c8ccccc8-9)cc7c6c5)cc43)cc2)cc1. The highest BCUT2D eigenvalue weighted by Gasteiger charge is 2.48. The second-order valence-electron chi connectivity index (χ2n) is 24.7. The lowest BCUT2D eigenvalue weighted by Crippen LogP contribution is -2.28. The first kappa shape index (κ1) is 58.6. The van der Waals surface area contributed by atoms with E-state index in [4.69, 9.17) is 9.47 Å². The molecule has 2 aliphatic rings. The van der Waals surface area contributed by atoms with Crippen LogP contribution in [-0.4, -0.2) is 0 Å². The molecule has 462 valence electrons. The van der Waals surface area contributed by atoms with E-state index in [1.807, 2.05) is 109 Å². The van der Waals surface area contributed by atoms with Crippen molar-refractivity contribution >= 4 is 77.8 Å². The second kappa shape index (κ2) is 24.0. The quantitative estimate of drug-likeness (QED) is 0.0963. The van der Waals surface area contributed by atoms with Crippen LogP contribution in [0.1, 0.15) is 55.6 Å². The maximum atomic E-state index is 15.2. The third-order valence-corrected chi connectivity index (χ3v) is 20.5. The van der Waals surface area contributed by atoms with E-state index >= 15 is 8.78 Å². The first-order valence-electron chi connectivity index (χ1n) is 32.4. The van der Waals surface area contributed by atoms with Gasteiger partial charge in [0.25, 0.3) is 0 Å². The largest absolute Gasteiger partial charge is 0.457 e. The summed E-state index contributed by atoms with van der Waals surface area (Å²) in [5.41, 5.74) is 19.0. The molecule has 14 aromatic carbocycles. The van der Waals surface area contributed by atoms with Gasteiger partial charge in [0, 0.05) is 54.3 Å². The van der Waals surface area contributed by atoms with E-state index < -0.39 is 10.8 Å². The van der Waals surface area contributed by atoms with E-state index in [-0.39, 0.29) is 11.6 Å². The topological polar surface area (TPSA) is 24.9 Å². The number of rotatable bonds is 16. The number of hydrogen-bond acceptors (Lipinski definition) is 5. The van der Waals surface area contributed by atoms with Crippen molar-refractivity contribution in [3.63, 3.8) is 0 Å². The van der Waals surface area contributed by atoms with Crippen LogP contribution in [0.15, 0.2) is 341 Å². The summed E-state index contributed by atoms with van der Waals surface area (Å²) in [6, 6.07) is 112. The number of thiophene rings is 1. The van der Waals surface area contributed by atoms with E-state index in [0.717, 1.165) is 144 Å². The molecule has 4 nitrogen and oxygen atoms in total. The van der Waals surface area contributed by atoms with Crippen molar-refractivity contribution in [1.29, 1.82) is 0 Å². The molecular formula is C90H60F2N2O2S. The fourth-order valence-corrected chi connectivity index (χ4v) is 16.1. The van der Waals surface area contributed by atoms with Gasteiger partial charge in [-0.25, -0.2) is 8.78 Å². The number of nitrogens with zero attached hydrogens (tertiary/aromatic N) is 2. The Morgan fingerprint density at radius 1 is 0.289 bits per heavy atom. The number of para-hydroxylation sites is 2. The number of benzene rings is 14. The van der Waals surface area contributed by atoms with Crippen LogP contribution < -0.4 is 19.3 Å². The van der Waals surface area contributed by atoms with Gasteiger partial charge in [0.05, 0.1) is 10.8 Å². The van der Waals surface area contributed by atoms with Crippen molar-refractivity contribution in [2.75, 3.05) is 9.80 Å². The number of halogens is 2. The zero-order chi connectivity index (χ0) is 65.2. The molecule has 15 aromatic rings. The maximum absolute atomic E-state index is 15.2. The number of hydrogen-bond donors (Lipinski definition) is 0. The Bertz CT molecular complexity index is 5160. The molecule has 17 rings (SSSR count). The van der Waals surface area contributed by atoms with Crippen LogP contribution in [0.4, 0.5) is 42.9 Å². The molecule has 7 heteroatoms. The van der Waals surface area contributed by atoms with Crippen molar-refractivity contribution in [3.8, 4) is 45.3 Å². The lowest BCUT2D eigenvalue weighted by molar-refractivity contribution is 0.482. The van der Waals surface area contributed by atoms with Crippen molar-refractivity contribution in [3.05, 3.63) is 408 Å². The van der Waals surface area contributed by atoms with Gasteiger partial charge in [-0.05, 0) is 236 Å². The standard InChI is InChI=1S/C90H60F2N2O2S/c1-3-59-23-43-73(44-24-59)95-75-47-31-63(32-48-75)89(61-27-35-65(91)36-28-61)83-21-13-11-19-77(83)79-51-39-71(57-85(79)89)93(67-15-7-5-8-16-67)69-41-53-87-81(55-69)82-56-70(42-54-88(82)97-87)94(68-17-9-6-10-18-68)72-40-52-80-78-20-12-14-22-84(78)90(86(80)58-72,62-29-37-66(92)38-30-62)64-33-49-76(50-34-64)96-74-45-25-60(4-2)26-46-74/h3-58H,1-2H2. The number of anilines is 6. The Kier molecular flexibility index (Phi) is 14.5. The molecule has 0 radical (unpaired) electrons. The highest BCUT2D eigenvalue weighted by Crippen LogP contribution is 2.60. The minimum atomic E-state index is -0.845. The minimum Gasteiger partial charge on any atom is -0.457 e. The molecule has 0 spiro atoms. The van der Waals surface area contributed by atoms with Gasteiger partial charge < -0.3 is 19.3 Å². The minimum absolute atomic E-state index is 0.298. The van der Waals surface area contributed by atoms with Crippen molar-refractivity contribution in [1.82, 2.24) is 0 Å². The Hall–Kier alpha value is -12.2. The van der Waals surface area contributed by atoms with Crippen LogP contribution in [0.25, 0.3) is 54.6 Å². The van der Waals surface area contributed by atoms with Crippen LogP contribution in [0.2, 0.25) is 0 Å². The highest BCUT2D eigenvalue weighted by atomic mass is 32.1. The van der Waals surface area contributed by atoms with E-state index in [1.165, 1.54) is 0 Å². The molecule has 0 bridgehead atoms. The molecule has 97 heavy (non-hydrogen) atoms. The van der Waals surface area contributed by atoms with E-state index in [0.29, 0.717) is 11.5 Å². The second-order valence-corrected chi connectivity index (χ2v) is 25.8. The van der Waals surface area contributed by atoms with Crippen LogP contribution in [0.5, 0.6) is 23.0 Å². The van der Waals surface area contributed by atoms with Gasteiger partial charge >= 0.3 is 0 Å². The molecular weight excluding hydrogens is 1210 g/mol. The van der Waals surface area contributed by atoms with Gasteiger partial charge in [-0.2, -0.15) is 0 Å². The van der Waals surface area contributed by atoms with E-state index in [1.54, 1.807) is 35.6 Å². The predicted molar refractivity (Wildman–Crippen MR) is 396 cm³/mol. The van der Waals surface area contributed by atoms with Gasteiger partial charge in [-0.15, -0.1) is 11.3 Å². The van der Waals surface area contributed by atoms with Gasteiger partial charge in [-0.1, -0.05) is 195 Å². The molecule has 2 unspecified atom stereocenters. The zero-order valence-corrected chi connectivity index (χ0v) is 53.4. The van der Waals surface area contributed by atoms with Crippen molar-refractivity contribution in [2.24, 2.45) is 0 Å². The monoisotopic (exact) mass is 1270 g/mol. The summed E-state index contributed by atoms with van der Waals surface area (Å²) in [5, 5.41) is 2.25. The van der Waals surface area contributed by atoms with Crippen LogP contribution >= 0.6 is 11.3 Å². The Morgan fingerprint density at radius 3 is 0.969 bits per heavy atom. The Morgan fingerprint density at radius 2 is 0.598 bits per heavy atom. The number of fused-ring (bicyclic) bond motifs is 9. The fraction of sp³-hybridized carbons (Fsp3) is 0.0222. The lowest BCUT2D eigenvalue weighted by atomic mass is 9.67. The lowest BCUT2D eigenvalue weighted by Gasteiger charge is -2.35. The van der Waals surface area contributed by atoms with Gasteiger partial charge in [0.2, 0.25) is 0 Å². The molecule has 0 amide bonds. The summed E-state index contributed by atoms with van der Waals surface area (Å²) in [6.45, 7) is 7.82. The molecule has 2 atom stereocenters. The molecule has 1 aromatic heterocycles. The maximum Gasteiger partial charge on any atom is 0.127 e. The molecule has 1 heterocycles. The van der Waals surface area contributed by atoms with Crippen LogP contribution in [-0.2, 0) is 10.8 Å². The van der Waals surface area contributed by atoms with Crippen LogP contribution in [0.3, 0.4) is 0 Å². The highest BCUT2D eigenvalue weighted by molar-refractivity contribution is 7.25. The van der Waals surface area contributed by atoms with Gasteiger partial charge in [0.15, 0.2) is 0 Å². The van der Waals surface area contributed by atoms with E-state index in [2.05, 4.69) is 229 Å². The molecule has 0 aliphatic heterocycles. The van der Waals surface area contributed by atoms with Gasteiger partial charge in [-0.3, -0.25) is 0 Å². The molecule has 0 saturated heterocycles. The number of ether oxygens (including phenoxy) is 2. The first-order chi connectivity index (χ1) is 47.7. The summed E-state index contributed by atoms with van der Waals surface area (Å²) >= 11 is 1.79.